The highest BCUT2D eigenvalue weighted by Gasteiger charge is 2.25. The average molecular weight is 578 g/mol. The summed E-state index contributed by atoms with van der Waals surface area (Å²) in [7, 11) is 0. The van der Waals surface area contributed by atoms with E-state index in [-0.39, 0.29) is 18.3 Å². The molecule has 42 heavy (non-hydrogen) atoms. The van der Waals surface area contributed by atoms with Crippen molar-refractivity contribution in [2.24, 2.45) is 0 Å². The summed E-state index contributed by atoms with van der Waals surface area (Å²) in [6.07, 6.45) is 9.99. The standard InChI is InChI=1S/C35H31NO5S/c1-42-34-29-19-28(21-7-3-2-4-8-21)32-25-10-6-5-9-22(25)13-16-27(32)26(29)17-18-30(34)41-20-31(38)36-33(35(39)40)23-11-14-24(37)15-12-23/h2-4,7-9,11-19,28,33,37H,5-6,10,20H2,1H3,(H,36,38)(H,39,40)/t28?,33-/m1/s1. The first-order valence-electron chi connectivity index (χ1n) is 14.0. The van der Waals surface area contributed by atoms with Crippen LogP contribution in [0.15, 0.2) is 83.8 Å². The molecule has 0 bridgehead atoms. The fourth-order valence-electron chi connectivity index (χ4n) is 6.06. The lowest BCUT2D eigenvalue weighted by Crippen LogP contribution is -2.36. The number of aliphatic carboxylic acids is 1. The quantitative estimate of drug-likeness (QED) is 0.261. The minimum absolute atomic E-state index is 0.0155. The number of hydrogen-bond acceptors (Lipinski definition) is 5. The van der Waals surface area contributed by atoms with Crippen molar-refractivity contribution in [3.63, 3.8) is 0 Å². The first kappa shape index (κ1) is 27.7. The minimum Gasteiger partial charge on any atom is -0.508 e. The Morgan fingerprint density at radius 3 is 2.50 bits per heavy atom. The monoisotopic (exact) mass is 577 g/mol. The van der Waals surface area contributed by atoms with E-state index in [2.05, 4.69) is 59.9 Å². The third kappa shape index (κ3) is 5.28. The van der Waals surface area contributed by atoms with Gasteiger partial charge in [-0.3, -0.25) is 4.79 Å². The van der Waals surface area contributed by atoms with Crippen molar-refractivity contribution < 1.29 is 24.5 Å². The molecule has 2 aliphatic carbocycles. The van der Waals surface area contributed by atoms with Crippen molar-refractivity contribution >= 4 is 35.8 Å². The molecule has 7 heteroatoms. The van der Waals surface area contributed by atoms with Gasteiger partial charge in [-0.1, -0.05) is 72.8 Å². The SMILES string of the molecule is CSc1c(OCC(=O)N[C@@H](C(=O)O)c2ccc(O)cc2)ccc2c1=CC(c1ccccc1)c1c3c(ccc1=2)=CCCC3. The molecular weight excluding hydrogens is 546 g/mol. The third-order valence-corrected chi connectivity index (χ3v) is 8.81. The molecule has 0 aliphatic heterocycles. The van der Waals surface area contributed by atoms with E-state index in [4.69, 9.17) is 4.74 Å². The van der Waals surface area contributed by atoms with Crippen LogP contribution in [0.3, 0.4) is 0 Å². The summed E-state index contributed by atoms with van der Waals surface area (Å²) >= 11 is 1.57. The number of fused-ring (bicyclic) bond motifs is 4. The molecule has 1 amide bonds. The number of phenolic OH excluding ortho intramolecular Hbond substituents is 1. The summed E-state index contributed by atoms with van der Waals surface area (Å²) in [6, 6.07) is 23.5. The minimum atomic E-state index is -1.26. The molecule has 0 fully saturated rings. The second-order valence-electron chi connectivity index (χ2n) is 10.5. The van der Waals surface area contributed by atoms with Crippen molar-refractivity contribution in [1.29, 1.82) is 0 Å². The first-order valence-corrected chi connectivity index (χ1v) is 15.2. The van der Waals surface area contributed by atoms with Crippen LogP contribution in [0.4, 0.5) is 0 Å². The number of nitrogens with one attached hydrogen (secondary N) is 1. The Hall–Kier alpha value is -4.49. The number of rotatable bonds is 8. The van der Waals surface area contributed by atoms with Crippen LogP contribution in [0.5, 0.6) is 11.5 Å². The van der Waals surface area contributed by atoms with E-state index >= 15 is 0 Å². The highest BCUT2D eigenvalue weighted by atomic mass is 32.2. The molecule has 3 N–H and O–H groups in total. The van der Waals surface area contributed by atoms with Crippen molar-refractivity contribution in [2.75, 3.05) is 12.9 Å². The third-order valence-electron chi connectivity index (χ3n) is 7.98. The van der Waals surface area contributed by atoms with E-state index < -0.39 is 17.9 Å². The van der Waals surface area contributed by atoms with E-state index in [0.717, 1.165) is 34.6 Å². The predicted molar refractivity (Wildman–Crippen MR) is 164 cm³/mol. The van der Waals surface area contributed by atoms with Gasteiger partial charge < -0.3 is 20.3 Å². The van der Waals surface area contributed by atoms with Crippen molar-refractivity contribution in [1.82, 2.24) is 5.32 Å². The summed E-state index contributed by atoms with van der Waals surface area (Å²) in [6.45, 7) is -0.337. The van der Waals surface area contributed by atoms with Crippen LogP contribution in [0, 0.1) is 10.4 Å². The number of ether oxygens (including phenoxy) is 1. The number of carboxylic acids is 1. The van der Waals surface area contributed by atoms with Crippen LogP contribution < -0.4 is 20.5 Å². The number of carboxylic acid groups (broad SMARTS) is 1. The highest BCUT2D eigenvalue weighted by Crippen LogP contribution is 2.34. The Balaban J connectivity index is 1.38. The van der Waals surface area contributed by atoms with Gasteiger partial charge in [0.05, 0.1) is 4.90 Å². The molecule has 212 valence electrons. The van der Waals surface area contributed by atoms with E-state index in [1.807, 2.05) is 18.4 Å². The average Bonchev–Trinajstić information content (AvgIpc) is 3.02. The number of thioether (sulfide) groups is 1. The number of hydrogen-bond donors (Lipinski definition) is 3. The number of aromatic hydroxyl groups is 1. The van der Waals surface area contributed by atoms with Crippen LogP contribution >= 0.6 is 11.8 Å². The molecule has 0 saturated carbocycles. The molecule has 0 heterocycles. The summed E-state index contributed by atoms with van der Waals surface area (Å²) in [4.78, 5) is 25.6. The maximum Gasteiger partial charge on any atom is 0.330 e. The lowest BCUT2D eigenvalue weighted by atomic mass is 9.80. The van der Waals surface area contributed by atoms with E-state index in [1.165, 1.54) is 51.4 Å². The van der Waals surface area contributed by atoms with Gasteiger partial charge in [0.25, 0.3) is 5.91 Å². The zero-order chi connectivity index (χ0) is 29.2. The number of phenols is 1. The van der Waals surface area contributed by atoms with E-state index in [1.54, 1.807) is 11.8 Å². The van der Waals surface area contributed by atoms with Gasteiger partial charge in [-0.25, -0.2) is 4.79 Å². The van der Waals surface area contributed by atoms with Gasteiger partial charge in [-0.15, -0.1) is 11.8 Å². The molecule has 6 rings (SSSR count). The predicted octanol–water partition coefficient (Wildman–Crippen LogP) is 4.76. The van der Waals surface area contributed by atoms with Gasteiger partial charge in [0.2, 0.25) is 0 Å². The zero-order valence-corrected chi connectivity index (χ0v) is 24.0. The maximum atomic E-state index is 12.8. The van der Waals surface area contributed by atoms with Crippen LogP contribution in [-0.4, -0.2) is 35.0 Å². The number of carbonyl (C=O) groups is 2. The molecule has 6 nitrogen and oxygen atoms in total. The Kier molecular flexibility index (Phi) is 7.76. The van der Waals surface area contributed by atoms with Crippen molar-refractivity contribution in [3.05, 3.63) is 122 Å². The lowest BCUT2D eigenvalue weighted by Gasteiger charge is -2.25. The lowest BCUT2D eigenvalue weighted by molar-refractivity contribution is -0.142. The fraction of sp³-hybridized carbons (Fsp3) is 0.200. The Morgan fingerprint density at radius 2 is 1.76 bits per heavy atom. The topological polar surface area (TPSA) is 95.9 Å². The van der Waals surface area contributed by atoms with Crippen molar-refractivity contribution in [3.8, 4) is 11.5 Å². The summed E-state index contributed by atoms with van der Waals surface area (Å²) < 4.78 is 6.02. The van der Waals surface area contributed by atoms with E-state index in [0.29, 0.717) is 11.3 Å². The first-order chi connectivity index (χ1) is 20.4. The Morgan fingerprint density at radius 1 is 1.00 bits per heavy atom. The van der Waals surface area contributed by atoms with Gasteiger partial charge >= 0.3 is 5.97 Å². The van der Waals surface area contributed by atoms with Gasteiger partial charge in [0, 0.05) is 5.92 Å². The highest BCUT2D eigenvalue weighted by molar-refractivity contribution is 7.98. The normalized spacial score (nSPS) is 15.6. The molecule has 2 aliphatic rings. The summed E-state index contributed by atoms with van der Waals surface area (Å²) in [5.41, 5.74) is 4.39. The van der Waals surface area contributed by atoms with Crippen LogP contribution in [0.2, 0.25) is 0 Å². The maximum absolute atomic E-state index is 12.8. The Labute approximate surface area is 247 Å². The molecular formula is C35H31NO5S. The number of benzene rings is 4. The van der Waals surface area contributed by atoms with Crippen LogP contribution in [0.25, 0.3) is 12.2 Å². The molecule has 0 aromatic heterocycles. The number of amides is 1. The van der Waals surface area contributed by atoms with Crippen LogP contribution in [-0.2, 0) is 16.0 Å². The Bertz CT molecular complexity index is 1890. The molecule has 0 radical (unpaired) electrons. The van der Waals surface area contributed by atoms with Gasteiger partial charge in [0.1, 0.15) is 11.5 Å². The van der Waals surface area contributed by atoms with Gasteiger partial charge in [0.15, 0.2) is 12.6 Å². The molecule has 2 atom stereocenters. The van der Waals surface area contributed by atoms with Gasteiger partial charge in [-0.2, -0.15) is 0 Å². The molecule has 0 spiro atoms. The molecule has 4 aromatic rings. The molecule has 4 aromatic carbocycles. The summed E-state index contributed by atoms with van der Waals surface area (Å²) in [5, 5.41) is 26.5. The van der Waals surface area contributed by atoms with Gasteiger partial charge in [-0.05, 0) is 86.8 Å². The van der Waals surface area contributed by atoms with Crippen molar-refractivity contribution in [2.45, 2.75) is 36.1 Å². The second-order valence-corrected chi connectivity index (χ2v) is 11.3. The van der Waals surface area contributed by atoms with E-state index in [9.17, 15) is 19.8 Å². The number of carbonyl (C=O) groups excluding carboxylic acids is 1. The fourth-order valence-corrected chi connectivity index (χ4v) is 6.78. The molecule has 0 saturated heterocycles. The smallest absolute Gasteiger partial charge is 0.330 e. The zero-order valence-electron chi connectivity index (χ0n) is 23.2. The molecule has 1 unspecified atom stereocenters. The van der Waals surface area contributed by atoms with Crippen LogP contribution in [0.1, 0.15) is 47.1 Å². The summed E-state index contributed by atoms with van der Waals surface area (Å²) in [5.74, 6) is -1.08. The second kappa shape index (κ2) is 11.8. The largest absolute Gasteiger partial charge is 0.508 e.